The fourth-order valence-electron chi connectivity index (χ4n) is 4.16. The second-order valence-electron chi connectivity index (χ2n) is 10.0. The Morgan fingerprint density at radius 2 is 1.86 bits per heavy atom. The number of methoxy groups -OCH3 is 1. The van der Waals surface area contributed by atoms with Crippen LogP contribution in [0.4, 0.5) is 18.9 Å². The Kier molecular flexibility index (Phi) is 7.89. The first-order valence-electron chi connectivity index (χ1n) is 11.8. The number of benzene rings is 1. The van der Waals surface area contributed by atoms with Gasteiger partial charge >= 0.3 is 6.18 Å². The predicted octanol–water partition coefficient (Wildman–Crippen LogP) is 6.53. The van der Waals surface area contributed by atoms with Gasteiger partial charge in [0.25, 0.3) is 0 Å². The summed E-state index contributed by atoms with van der Waals surface area (Å²) in [6, 6.07) is 8.42. The van der Waals surface area contributed by atoms with Gasteiger partial charge in [-0.1, -0.05) is 31.2 Å². The van der Waals surface area contributed by atoms with Gasteiger partial charge in [0, 0.05) is 56.7 Å². The van der Waals surface area contributed by atoms with Crippen molar-refractivity contribution in [3.8, 4) is 17.0 Å². The van der Waals surface area contributed by atoms with Crippen LogP contribution in [-0.2, 0) is 22.4 Å². The molecule has 0 spiro atoms. The summed E-state index contributed by atoms with van der Waals surface area (Å²) in [5, 5.41) is -0.159. The molecule has 0 bridgehead atoms. The van der Waals surface area contributed by atoms with Crippen LogP contribution < -0.4 is 9.64 Å². The summed E-state index contributed by atoms with van der Waals surface area (Å²) in [7, 11) is 0.261. The SMILES string of the molecule is COc1cc(N2CCOCC2)ccc1-c1cc2c(Cl)c(C(F)(F)F)cnc2n1COCC[Si](C)(C)C. The van der Waals surface area contributed by atoms with E-state index in [9.17, 15) is 13.2 Å². The molecule has 1 fully saturated rings. The van der Waals surface area contributed by atoms with Gasteiger partial charge in [-0.05, 0) is 24.2 Å². The second kappa shape index (κ2) is 10.6. The number of hydrogen-bond acceptors (Lipinski definition) is 5. The number of pyridine rings is 1. The van der Waals surface area contributed by atoms with E-state index in [0.717, 1.165) is 31.0 Å². The van der Waals surface area contributed by atoms with Crippen LogP contribution in [-0.4, -0.2) is 57.6 Å². The normalized spacial score (nSPS) is 15.1. The molecule has 3 heterocycles. The molecule has 0 unspecified atom stereocenters. The third-order valence-corrected chi connectivity index (χ3v) is 8.33. The van der Waals surface area contributed by atoms with E-state index < -0.39 is 19.8 Å². The maximum Gasteiger partial charge on any atom is 0.419 e. The van der Waals surface area contributed by atoms with Crippen LogP contribution in [0.15, 0.2) is 30.5 Å². The number of fused-ring (bicyclic) bond motifs is 1. The number of aromatic nitrogens is 2. The largest absolute Gasteiger partial charge is 0.496 e. The molecule has 2 aromatic heterocycles. The molecule has 0 aliphatic carbocycles. The molecule has 1 aliphatic rings. The molecule has 0 atom stereocenters. The minimum atomic E-state index is -4.61. The van der Waals surface area contributed by atoms with Crippen LogP contribution in [0.3, 0.4) is 0 Å². The van der Waals surface area contributed by atoms with E-state index in [1.807, 2.05) is 18.2 Å². The molecule has 196 valence electrons. The molecule has 3 aromatic rings. The zero-order valence-electron chi connectivity index (χ0n) is 20.9. The Morgan fingerprint density at radius 1 is 1.14 bits per heavy atom. The molecule has 0 amide bonds. The van der Waals surface area contributed by atoms with E-state index in [2.05, 4.69) is 29.5 Å². The molecule has 0 saturated carbocycles. The van der Waals surface area contributed by atoms with Crippen molar-refractivity contribution in [3.05, 3.63) is 41.0 Å². The average molecular weight is 542 g/mol. The number of alkyl halides is 3. The minimum Gasteiger partial charge on any atom is -0.496 e. The summed E-state index contributed by atoms with van der Waals surface area (Å²) in [5.41, 5.74) is 1.69. The summed E-state index contributed by atoms with van der Waals surface area (Å²) < 4.78 is 59.5. The number of anilines is 1. The zero-order chi connectivity index (χ0) is 26.1. The first-order valence-corrected chi connectivity index (χ1v) is 15.9. The second-order valence-corrected chi connectivity index (χ2v) is 16.0. The standard InChI is InChI=1S/C25H31ClF3N3O3Si/c1-33-22-13-17(31-7-9-34-10-8-31)5-6-18(22)21-14-19-23(26)20(25(27,28)29)15-30-24(19)32(21)16-35-11-12-36(2,3)4/h5-6,13-15H,7-12,16H2,1-4H3. The molecule has 1 aromatic carbocycles. The average Bonchev–Trinajstić information content (AvgIpc) is 3.20. The highest BCUT2D eigenvalue weighted by atomic mass is 35.5. The molecule has 4 rings (SSSR count). The van der Waals surface area contributed by atoms with E-state index >= 15 is 0 Å². The van der Waals surface area contributed by atoms with Crippen molar-refractivity contribution in [2.45, 2.75) is 38.6 Å². The fourth-order valence-corrected chi connectivity index (χ4v) is 5.21. The lowest BCUT2D eigenvalue weighted by atomic mass is 10.1. The monoisotopic (exact) mass is 541 g/mol. The van der Waals surface area contributed by atoms with E-state index in [4.69, 9.17) is 25.8 Å². The Labute approximate surface area is 214 Å². The van der Waals surface area contributed by atoms with Crippen LogP contribution >= 0.6 is 11.6 Å². The van der Waals surface area contributed by atoms with Crippen molar-refractivity contribution in [3.63, 3.8) is 0 Å². The highest BCUT2D eigenvalue weighted by molar-refractivity contribution is 6.76. The molecule has 6 nitrogen and oxygen atoms in total. The van der Waals surface area contributed by atoms with Crippen molar-refractivity contribution in [2.75, 3.05) is 44.9 Å². The molecule has 0 N–H and O–H groups in total. The van der Waals surface area contributed by atoms with Gasteiger partial charge in [-0.2, -0.15) is 13.2 Å². The molecule has 11 heteroatoms. The lowest BCUT2D eigenvalue weighted by Crippen LogP contribution is -2.36. The van der Waals surface area contributed by atoms with Gasteiger partial charge < -0.3 is 23.7 Å². The van der Waals surface area contributed by atoms with Gasteiger partial charge in [-0.15, -0.1) is 0 Å². The van der Waals surface area contributed by atoms with E-state index in [1.165, 1.54) is 0 Å². The van der Waals surface area contributed by atoms with Gasteiger partial charge in [-0.25, -0.2) is 4.98 Å². The van der Waals surface area contributed by atoms with Gasteiger partial charge in [-0.3, -0.25) is 0 Å². The highest BCUT2D eigenvalue weighted by Crippen LogP contribution is 2.42. The summed E-state index contributed by atoms with van der Waals surface area (Å²) in [5.74, 6) is 0.595. The van der Waals surface area contributed by atoms with Crippen molar-refractivity contribution in [1.29, 1.82) is 0 Å². The number of ether oxygens (including phenoxy) is 3. The predicted molar refractivity (Wildman–Crippen MR) is 139 cm³/mol. The van der Waals surface area contributed by atoms with Crippen LogP contribution in [0.5, 0.6) is 5.75 Å². The van der Waals surface area contributed by atoms with Crippen LogP contribution in [0.1, 0.15) is 5.56 Å². The lowest BCUT2D eigenvalue weighted by molar-refractivity contribution is -0.137. The zero-order valence-corrected chi connectivity index (χ0v) is 22.7. The molecule has 1 aliphatic heterocycles. The van der Waals surface area contributed by atoms with Crippen molar-refractivity contribution in [1.82, 2.24) is 9.55 Å². The molecule has 36 heavy (non-hydrogen) atoms. The number of rotatable bonds is 8. The fraction of sp³-hybridized carbons (Fsp3) is 0.480. The summed E-state index contributed by atoms with van der Waals surface area (Å²) in [6.45, 7) is 10.3. The Hall–Kier alpha value is -2.27. The summed E-state index contributed by atoms with van der Waals surface area (Å²) in [6.07, 6.45) is -3.82. The van der Waals surface area contributed by atoms with Crippen LogP contribution in [0.25, 0.3) is 22.3 Å². The summed E-state index contributed by atoms with van der Waals surface area (Å²) in [4.78, 5) is 6.36. The Balaban J connectivity index is 1.78. The minimum absolute atomic E-state index is 0.131. The van der Waals surface area contributed by atoms with Crippen molar-refractivity contribution < 1.29 is 27.4 Å². The maximum atomic E-state index is 13.5. The third-order valence-electron chi connectivity index (χ3n) is 6.22. The number of morpholine rings is 1. The van der Waals surface area contributed by atoms with Crippen molar-refractivity contribution in [2.24, 2.45) is 0 Å². The van der Waals surface area contributed by atoms with Gasteiger partial charge in [0.15, 0.2) is 0 Å². The summed E-state index contributed by atoms with van der Waals surface area (Å²) >= 11 is 6.26. The lowest BCUT2D eigenvalue weighted by Gasteiger charge is -2.29. The molecule has 1 saturated heterocycles. The number of nitrogens with zero attached hydrogens (tertiary/aromatic N) is 3. The first kappa shape index (κ1) is 26.8. The first-order chi connectivity index (χ1) is 17.0. The quantitative estimate of drug-likeness (QED) is 0.239. The number of halogens is 4. The van der Waals surface area contributed by atoms with E-state index in [1.54, 1.807) is 17.7 Å². The van der Waals surface area contributed by atoms with Gasteiger partial charge in [0.1, 0.15) is 18.1 Å². The molecular formula is C25H31ClF3N3O3Si. The smallest absolute Gasteiger partial charge is 0.419 e. The van der Waals surface area contributed by atoms with Crippen molar-refractivity contribution >= 4 is 36.4 Å². The van der Waals surface area contributed by atoms with E-state index in [-0.39, 0.29) is 17.1 Å². The third kappa shape index (κ3) is 5.82. The van der Waals surface area contributed by atoms with Crippen LogP contribution in [0, 0.1) is 0 Å². The highest BCUT2D eigenvalue weighted by Gasteiger charge is 2.35. The van der Waals surface area contributed by atoms with E-state index in [0.29, 0.717) is 42.5 Å². The maximum absolute atomic E-state index is 13.5. The van der Waals surface area contributed by atoms with Crippen LogP contribution in [0.2, 0.25) is 30.7 Å². The van der Waals surface area contributed by atoms with Gasteiger partial charge in [0.2, 0.25) is 0 Å². The molecule has 0 radical (unpaired) electrons. The Bertz CT molecular complexity index is 1220. The molecular weight excluding hydrogens is 511 g/mol. The van der Waals surface area contributed by atoms with Gasteiger partial charge in [0.05, 0.1) is 36.6 Å². The Morgan fingerprint density at radius 3 is 2.50 bits per heavy atom. The topological polar surface area (TPSA) is 48.8 Å². The number of hydrogen-bond donors (Lipinski definition) is 0.